The highest BCUT2D eigenvalue weighted by atomic mass is 32.1. The molecule has 0 bridgehead atoms. The van der Waals surface area contributed by atoms with Crippen LogP contribution in [0.3, 0.4) is 0 Å². The predicted octanol–water partition coefficient (Wildman–Crippen LogP) is 4.77. The van der Waals surface area contributed by atoms with Crippen LogP contribution in [0, 0.1) is 11.6 Å². The summed E-state index contributed by atoms with van der Waals surface area (Å²) in [4.78, 5) is 30.4. The van der Waals surface area contributed by atoms with Crippen LogP contribution >= 0.6 is 11.3 Å². The van der Waals surface area contributed by atoms with Crippen molar-refractivity contribution in [2.45, 2.75) is 6.92 Å². The van der Waals surface area contributed by atoms with Gasteiger partial charge in [0.2, 0.25) is 5.91 Å². The highest BCUT2D eigenvalue weighted by Gasteiger charge is 2.25. The summed E-state index contributed by atoms with van der Waals surface area (Å²) in [7, 11) is 1.51. The molecule has 1 aliphatic heterocycles. The van der Waals surface area contributed by atoms with Gasteiger partial charge in [-0.05, 0) is 36.4 Å². The van der Waals surface area contributed by atoms with E-state index in [-0.39, 0.29) is 23.2 Å². The lowest BCUT2D eigenvalue weighted by atomic mass is 9.99. The molecule has 2 aromatic carbocycles. The number of halogens is 2. The van der Waals surface area contributed by atoms with Crippen LogP contribution in [-0.4, -0.2) is 30.4 Å². The van der Waals surface area contributed by atoms with Crippen LogP contribution in [0.5, 0.6) is 11.5 Å². The van der Waals surface area contributed by atoms with Gasteiger partial charge in [-0.25, -0.2) is 13.8 Å². The maximum atomic E-state index is 14.2. The van der Waals surface area contributed by atoms with Crippen molar-refractivity contribution in [1.82, 2.24) is 4.98 Å². The number of carbonyl (C=O) groups excluding carboxylic acids is 2. The smallest absolute Gasteiger partial charge is 0.230 e. The summed E-state index contributed by atoms with van der Waals surface area (Å²) in [5.74, 6) is -1.34. The number of hydrogen-bond donors (Lipinski definition) is 0. The van der Waals surface area contributed by atoms with E-state index in [0.717, 1.165) is 22.3 Å². The van der Waals surface area contributed by atoms with Gasteiger partial charge >= 0.3 is 0 Å². The van der Waals surface area contributed by atoms with E-state index < -0.39 is 17.5 Å². The van der Waals surface area contributed by atoms with Crippen LogP contribution in [0.25, 0.3) is 6.08 Å². The number of Topliss-reactive ketones (excluding diaryl/α,β-unsaturated/α-hetero) is 1. The second kappa shape index (κ2) is 8.27. The van der Waals surface area contributed by atoms with Gasteiger partial charge in [0.05, 0.1) is 24.1 Å². The predicted molar refractivity (Wildman–Crippen MR) is 112 cm³/mol. The molecule has 1 amide bonds. The molecular weight excluding hydrogens is 426 g/mol. The van der Waals surface area contributed by atoms with Gasteiger partial charge in [0.25, 0.3) is 0 Å². The molecule has 6 nitrogen and oxygen atoms in total. The first-order chi connectivity index (χ1) is 14.9. The van der Waals surface area contributed by atoms with Crippen LogP contribution in [-0.2, 0) is 4.79 Å². The highest BCUT2D eigenvalue weighted by Crippen LogP contribution is 2.34. The van der Waals surface area contributed by atoms with Crippen molar-refractivity contribution in [3.05, 3.63) is 70.2 Å². The molecule has 2 heterocycles. The van der Waals surface area contributed by atoms with E-state index in [1.54, 1.807) is 29.7 Å². The fourth-order valence-corrected chi connectivity index (χ4v) is 3.97. The second-order valence-corrected chi connectivity index (χ2v) is 7.49. The molecule has 0 aliphatic carbocycles. The van der Waals surface area contributed by atoms with Gasteiger partial charge in [-0.15, -0.1) is 11.3 Å². The third kappa shape index (κ3) is 4.04. The number of amides is 1. The molecule has 9 heteroatoms. The summed E-state index contributed by atoms with van der Waals surface area (Å²) >= 11 is 1.09. The number of fused-ring (bicyclic) bond motifs is 1. The Morgan fingerprint density at radius 3 is 2.77 bits per heavy atom. The van der Waals surface area contributed by atoms with Crippen molar-refractivity contribution in [3.63, 3.8) is 0 Å². The first-order valence-electron chi connectivity index (χ1n) is 9.14. The molecule has 0 radical (unpaired) electrons. The number of carbonyl (C=O) groups is 2. The van der Waals surface area contributed by atoms with E-state index in [4.69, 9.17) is 9.47 Å². The van der Waals surface area contributed by atoms with Crippen LogP contribution in [0.2, 0.25) is 0 Å². The molecule has 0 N–H and O–H groups in total. The average Bonchev–Trinajstić information content (AvgIpc) is 3.19. The van der Waals surface area contributed by atoms with Gasteiger partial charge < -0.3 is 9.47 Å². The van der Waals surface area contributed by atoms with E-state index in [1.807, 2.05) is 0 Å². The number of thiazole rings is 1. The largest absolute Gasteiger partial charge is 0.497 e. The monoisotopic (exact) mass is 442 g/mol. The molecule has 1 aliphatic rings. The van der Waals surface area contributed by atoms with Gasteiger partial charge in [-0.3, -0.25) is 14.5 Å². The number of methoxy groups -OCH3 is 1. The Balaban J connectivity index is 1.65. The normalized spacial score (nSPS) is 14.2. The molecule has 0 fully saturated rings. The Morgan fingerprint density at radius 1 is 1.26 bits per heavy atom. The fourth-order valence-electron chi connectivity index (χ4n) is 3.13. The van der Waals surface area contributed by atoms with Gasteiger partial charge in [-0.2, -0.15) is 0 Å². The van der Waals surface area contributed by atoms with Crippen LogP contribution in [0.4, 0.5) is 19.6 Å². The third-order valence-electron chi connectivity index (χ3n) is 4.59. The molecule has 0 unspecified atom stereocenters. The molecule has 0 atom stereocenters. The number of anilines is 2. The van der Waals surface area contributed by atoms with Crippen LogP contribution in [0.15, 0.2) is 47.4 Å². The average molecular weight is 442 g/mol. The maximum Gasteiger partial charge on any atom is 0.230 e. The van der Waals surface area contributed by atoms with Crippen molar-refractivity contribution < 1.29 is 27.8 Å². The Bertz CT molecular complexity index is 1220. The number of ether oxygens (including phenoxy) is 2. The molecule has 0 spiro atoms. The topological polar surface area (TPSA) is 68.7 Å². The number of aromatic nitrogens is 1. The summed E-state index contributed by atoms with van der Waals surface area (Å²) in [6, 6.07) is 7.92. The Hall–Kier alpha value is -3.59. The summed E-state index contributed by atoms with van der Waals surface area (Å²) in [6.07, 6.45) is 1.56. The minimum Gasteiger partial charge on any atom is -0.497 e. The van der Waals surface area contributed by atoms with Gasteiger partial charge in [0.15, 0.2) is 10.9 Å². The molecule has 31 heavy (non-hydrogen) atoms. The lowest BCUT2D eigenvalue weighted by Crippen LogP contribution is -2.23. The van der Waals surface area contributed by atoms with Crippen molar-refractivity contribution in [2.24, 2.45) is 0 Å². The molecule has 0 saturated heterocycles. The van der Waals surface area contributed by atoms with E-state index in [2.05, 4.69) is 4.98 Å². The summed E-state index contributed by atoms with van der Waals surface area (Å²) < 4.78 is 38.3. The fraction of sp³-hybridized carbons (Fsp3) is 0.136. The number of nitrogens with zero attached hydrogens (tertiary/aromatic N) is 2. The number of benzene rings is 2. The van der Waals surface area contributed by atoms with Crippen molar-refractivity contribution in [3.8, 4) is 11.5 Å². The lowest BCUT2D eigenvalue weighted by Gasteiger charge is -2.19. The minimum absolute atomic E-state index is 0.0635. The number of hydrogen-bond acceptors (Lipinski definition) is 6. The SMILES string of the molecule is COc1ccc2c(c1)C(=O)/C(=C/c1csc(N(C(C)=O)c3ccc(F)cc3F)n1)CO2. The molecule has 4 rings (SSSR count). The molecule has 1 aromatic heterocycles. The molecule has 0 saturated carbocycles. The van der Waals surface area contributed by atoms with Crippen molar-refractivity contribution >= 4 is 39.9 Å². The molecule has 158 valence electrons. The van der Waals surface area contributed by atoms with Crippen molar-refractivity contribution in [1.29, 1.82) is 0 Å². The van der Waals surface area contributed by atoms with Gasteiger partial charge in [0, 0.05) is 23.9 Å². The summed E-state index contributed by atoms with van der Waals surface area (Å²) in [5, 5.41) is 1.82. The van der Waals surface area contributed by atoms with E-state index in [1.165, 1.54) is 20.1 Å². The van der Waals surface area contributed by atoms with E-state index >= 15 is 0 Å². The standard InChI is InChI=1S/C22H16F2N2O4S/c1-12(27)26(19-5-3-14(23)8-18(19)24)22-25-15(11-31-22)7-13-10-30-20-6-4-16(29-2)9-17(20)21(13)28/h3-9,11H,10H2,1-2H3/b13-7+. The Morgan fingerprint density at radius 2 is 2.06 bits per heavy atom. The first kappa shape index (κ1) is 20.7. The second-order valence-electron chi connectivity index (χ2n) is 6.65. The number of ketones is 1. The first-order valence-corrected chi connectivity index (χ1v) is 10.0. The zero-order valence-corrected chi connectivity index (χ0v) is 17.3. The highest BCUT2D eigenvalue weighted by molar-refractivity contribution is 7.14. The van der Waals surface area contributed by atoms with Crippen molar-refractivity contribution in [2.75, 3.05) is 18.6 Å². The van der Waals surface area contributed by atoms with Gasteiger partial charge in [-0.1, -0.05) is 0 Å². The minimum atomic E-state index is -0.883. The van der Waals surface area contributed by atoms with Crippen LogP contribution in [0.1, 0.15) is 23.0 Å². The van der Waals surface area contributed by atoms with Gasteiger partial charge in [0.1, 0.15) is 29.7 Å². The summed E-state index contributed by atoms with van der Waals surface area (Å²) in [5.41, 5.74) is 1.05. The molecule has 3 aromatic rings. The Labute approximate surface area is 180 Å². The zero-order chi connectivity index (χ0) is 22.1. The number of rotatable bonds is 4. The van der Waals surface area contributed by atoms with Crippen LogP contribution < -0.4 is 14.4 Å². The summed E-state index contributed by atoms with van der Waals surface area (Å²) in [6.45, 7) is 1.32. The third-order valence-corrected chi connectivity index (χ3v) is 5.44. The van der Waals surface area contributed by atoms with E-state index in [0.29, 0.717) is 34.4 Å². The molecular formula is C22H16F2N2O4S. The Kier molecular flexibility index (Phi) is 5.51. The zero-order valence-electron chi connectivity index (χ0n) is 16.5. The maximum absolute atomic E-state index is 14.2. The lowest BCUT2D eigenvalue weighted by molar-refractivity contribution is -0.115. The quantitative estimate of drug-likeness (QED) is 0.545. The van der Waals surface area contributed by atoms with E-state index in [9.17, 15) is 18.4 Å².